The molecule has 12 heteroatoms. The highest BCUT2D eigenvalue weighted by molar-refractivity contribution is 5.87. The molecule has 0 unspecified atom stereocenters. The predicted molar refractivity (Wildman–Crippen MR) is 161 cm³/mol. The molecule has 0 radical (unpaired) electrons. The van der Waals surface area contributed by atoms with Crippen LogP contribution in [0.3, 0.4) is 0 Å². The Morgan fingerprint density at radius 3 is 2.62 bits per heavy atom. The van der Waals surface area contributed by atoms with Crippen molar-refractivity contribution >= 4 is 5.91 Å². The lowest BCUT2D eigenvalue weighted by Crippen LogP contribution is -2.48. The van der Waals surface area contributed by atoms with Crippen LogP contribution in [0.1, 0.15) is 64.1 Å². The number of piperidine rings is 1. The van der Waals surface area contributed by atoms with E-state index in [4.69, 9.17) is 14.0 Å². The molecule has 1 aromatic carbocycles. The van der Waals surface area contributed by atoms with Gasteiger partial charge in [0.2, 0.25) is 29.3 Å². The van der Waals surface area contributed by atoms with Crippen LogP contribution in [0, 0.1) is 23.0 Å². The van der Waals surface area contributed by atoms with Crippen LogP contribution in [0.25, 0.3) is 11.6 Å². The van der Waals surface area contributed by atoms with Gasteiger partial charge in [-0.05, 0) is 65.4 Å². The monoisotopic (exact) mass is 620 g/mol. The van der Waals surface area contributed by atoms with Gasteiger partial charge in [-0.15, -0.1) is 0 Å². The number of amides is 1. The lowest BCUT2D eigenvalue weighted by Gasteiger charge is -2.37. The Balaban J connectivity index is 1.45. The van der Waals surface area contributed by atoms with Gasteiger partial charge >= 0.3 is 0 Å². The van der Waals surface area contributed by atoms with E-state index in [1.807, 2.05) is 6.92 Å². The second kappa shape index (κ2) is 13.3. The number of rotatable bonds is 10. The molecule has 0 spiro atoms. The number of halogens is 2. The number of nitrogens with zero attached hydrogens (tertiary/aromatic N) is 6. The van der Waals surface area contributed by atoms with Crippen LogP contribution in [-0.4, -0.2) is 75.3 Å². The van der Waals surface area contributed by atoms with Crippen LogP contribution in [0.5, 0.6) is 11.8 Å². The molecule has 2 saturated heterocycles. The van der Waals surface area contributed by atoms with Gasteiger partial charge < -0.3 is 18.9 Å². The Morgan fingerprint density at radius 1 is 1.22 bits per heavy atom. The Hall–Kier alpha value is -4.37. The zero-order valence-electron chi connectivity index (χ0n) is 26.0. The first-order chi connectivity index (χ1) is 21.5. The van der Waals surface area contributed by atoms with Crippen LogP contribution in [-0.2, 0) is 10.2 Å². The molecule has 2 aromatic heterocycles. The molecule has 0 aliphatic carbocycles. The second-order valence-corrected chi connectivity index (χ2v) is 12.2. The summed E-state index contributed by atoms with van der Waals surface area (Å²) in [7, 11) is 2.06. The van der Waals surface area contributed by atoms with Gasteiger partial charge in [-0.2, -0.15) is 15.2 Å². The maximum atomic E-state index is 14.7. The minimum Gasteiger partial charge on any atom is -0.474 e. The van der Waals surface area contributed by atoms with E-state index in [1.165, 1.54) is 24.3 Å². The molecule has 238 valence electrons. The third kappa shape index (κ3) is 6.83. The number of likely N-dealkylation sites (N-methyl/N-ethyl adjacent to an activating group) is 1. The first-order valence-corrected chi connectivity index (χ1v) is 15.2. The highest BCUT2D eigenvalue weighted by Gasteiger charge is 2.35. The van der Waals surface area contributed by atoms with E-state index in [0.29, 0.717) is 25.1 Å². The summed E-state index contributed by atoms with van der Waals surface area (Å²) in [6.45, 7) is 10.3. The number of likely N-dealkylation sites (tertiary alicyclic amines) is 2. The van der Waals surface area contributed by atoms with Gasteiger partial charge in [0.15, 0.2) is 0 Å². The molecule has 4 atom stereocenters. The molecular formula is C33H38F2N6O4. The molecule has 2 aliphatic heterocycles. The molecular weight excluding hydrogens is 582 g/mol. The third-order valence-corrected chi connectivity index (χ3v) is 8.80. The predicted octanol–water partition coefficient (Wildman–Crippen LogP) is 5.44. The van der Waals surface area contributed by atoms with Gasteiger partial charge in [-0.1, -0.05) is 17.8 Å². The summed E-state index contributed by atoms with van der Waals surface area (Å²) in [6.07, 6.45) is 3.92. The normalized spacial score (nSPS) is 21.3. The summed E-state index contributed by atoms with van der Waals surface area (Å²) in [5, 5.41) is 13.5. The quantitative estimate of drug-likeness (QED) is 0.273. The Labute approximate surface area is 261 Å². The Bertz CT molecular complexity index is 1570. The lowest BCUT2D eigenvalue weighted by molar-refractivity contribution is -0.130. The smallest absolute Gasteiger partial charge is 0.246 e. The van der Waals surface area contributed by atoms with E-state index in [0.717, 1.165) is 19.4 Å². The number of carbonyl (C=O) groups excluding carboxylic acids is 1. The van der Waals surface area contributed by atoms with Crippen molar-refractivity contribution in [2.75, 3.05) is 20.1 Å². The maximum Gasteiger partial charge on any atom is 0.246 e. The third-order valence-electron chi connectivity index (χ3n) is 8.80. The summed E-state index contributed by atoms with van der Waals surface area (Å²) in [5.74, 6) is -0.799. The minimum atomic E-state index is -1.17. The minimum absolute atomic E-state index is 0.130. The van der Waals surface area contributed by atoms with Gasteiger partial charge in [0, 0.05) is 48.5 Å². The number of hydrogen-bond acceptors (Lipinski definition) is 9. The fourth-order valence-electron chi connectivity index (χ4n) is 6.33. The van der Waals surface area contributed by atoms with Gasteiger partial charge in [0.25, 0.3) is 0 Å². The molecule has 0 N–H and O–H groups in total. The van der Waals surface area contributed by atoms with Crippen molar-refractivity contribution in [1.82, 2.24) is 24.9 Å². The van der Waals surface area contributed by atoms with E-state index in [9.17, 15) is 18.8 Å². The van der Waals surface area contributed by atoms with Gasteiger partial charge in [-0.3, -0.25) is 9.69 Å². The van der Waals surface area contributed by atoms with E-state index in [2.05, 4.69) is 39.7 Å². The fraction of sp³-hybridized carbons (Fsp3) is 0.485. The molecule has 0 bridgehead atoms. The van der Waals surface area contributed by atoms with Gasteiger partial charge in [0.1, 0.15) is 23.8 Å². The Kier molecular flexibility index (Phi) is 9.48. The van der Waals surface area contributed by atoms with Crippen molar-refractivity contribution in [2.45, 2.75) is 82.6 Å². The number of ether oxygens (including phenoxy) is 2. The molecule has 4 heterocycles. The number of benzene rings is 1. The average Bonchev–Trinajstić information content (AvgIpc) is 3.67. The van der Waals surface area contributed by atoms with Crippen molar-refractivity contribution < 1.29 is 27.6 Å². The van der Waals surface area contributed by atoms with Crippen LogP contribution < -0.4 is 9.47 Å². The molecule has 3 aromatic rings. The first kappa shape index (κ1) is 32.0. The van der Waals surface area contributed by atoms with Crippen LogP contribution in [0.15, 0.2) is 47.5 Å². The standard InChI is InChI=1S/C33H38F2N6O4/c1-6-30(42)41-16-13-22(17-21(41)12-14-36)44-29-19-28(43-20(2)25-11-8-15-40(25)5)37-32(38-29)26-18-27(39-45-26)33(3,4)31-23(34)9-7-10-24(31)35/h6-7,9-10,18-22,25H,1,8,11-13,15-17H2,2-5H3/t20-,21+,22-,25-/m0/s1. The summed E-state index contributed by atoms with van der Waals surface area (Å²) in [4.78, 5) is 25.5. The van der Waals surface area contributed by atoms with E-state index in [-0.39, 0.29) is 65.5 Å². The molecule has 2 aliphatic rings. The SMILES string of the molecule is C=CC(=O)N1CC[C@H](Oc2cc(O[C@@H](C)[C@@H]3CCCN3C)nc(-c3cc(C(C)(C)c4c(F)cccc4F)no3)n2)C[C@H]1CC#N. The topological polar surface area (TPSA) is 118 Å². The fourth-order valence-corrected chi connectivity index (χ4v) is 6.33. The molecule has 5 rings (SSSR count). The summed E-state index contributed by atoms with van der Waals surface area (Å²) >= 11 is 0. The summed E-state index contributed by atoms with van der Waals surface area (Å²) < 4.78 is 47.7. The maximum absolute atomic E-state index is 14.7. The molecule has 45 heavy (non-hydrogen) atoms. The largest absolute Gasteiger partial charge is 0.474 e. The van der Waals surface area contributed by atoms with Crippen molar-refractivity contribution in [2.24, 2.45) is 0 Å². The van der Waals surface area contributed by atoms with Crippen molar-refractivity contribution in [1.29, 1.82) is 5.26 Å². The van der Waals surface area contributed by atoms with Crippen molar-refractivity contribution in [3.63, 3.8) is 0 Å². The zero-order chi connectivity index (χ0) is 32.3. The zero-order valence-corrected chi connectivity index (χ0v) is 26.0. The summed E-state index contributed by atoms with van der Waals surface area (Å²) in [6, 6.07) is 8.94. The van der Waals surface area contributed by atoms with E-state index < -0.39 is 17.0 Å². The average molecular weight is 621 g/mol. The molecule has 0 saturated carbocycles. The first-order valence-electron chi connectivity index (χ1n) is 15.2. The number of nitriles is 1. The van der Waals surface area contributed by atoms with Crippen molar-refractivity contribution in [3.05, 3.63) is 65.9 Å². The highest BCUT2D eigenvalue weighted by Crippen LogP contribution is 2.36. The van der Waals surface area contributed by atoms with Crippen LogP contribution >= 0.6 is 0 Å². The molecule has 1 amide bonds. The van der Waals surface area contributed by atoms with E-state index >= 15 is 0 Å². The molecule has 2 fully saturated rings. The van der Waals surface area contributed by atoms with Crippen LogP contribution in [0.4, 0.5) is 8.78 Å². The van der Waals surface area contributed by atoms with E-state index in [1.54, 1.807) is 30.9 Å². The number of carbonyl (C=O) groups is 1. The number of hydrogen-bond donors (Lipinski definition) is 0. The molecule has 10 nitrogen and oxygen atoms in total. The van der Waals surface area contributed by atoms with Crippen LogP contribution in [0.2, 0.25) is 0 Å². The lowest BCUT2D eigenvalue weighted by atomic mass is 9.80. The second-order valence-electron chi connectivity index (χ2n) is 12.2. The van der Waals surface area contributed by atoms with Crippen molar-refractivity contribution in [3.8, 4) is 29.4 Å². The highest BCUT2D eigenvalue weighted by atomic mass is 19.1. The van der Waals surface area contributed by atoms with Gasteiger partial charge in [0.05, 0.1) is 24.3 Å². The summed E-state index contributed by atoms with van der Waals surface area (Å²) in [5.41, 5.74) is -1.01. The van der Waals surface area contributed by atoms with Gasteiger partial charge in [-0.25, -0.2) is 8.78 Å². The Morgan fingerprint density at radius 2 is 1.96 bits per heavy atom. The number of aromatic nitrogens is 3.